The van der Waals surface area contributed by atoms with Gasteiger partial charge < -0.3 is 19.5 Å². The van der Waals surface area contributed by atoms with Gasteiger partial charge in [0.2, 0.25) is 0 Å². The van der Waals surface area contributed by atoms with Gasteiger partial charge in [0.05, 0.1) is 0 Å². The van der Waals surface area contributed by atoms with Gasteiger partial charge in [0.25, 0.3) is 0 Å². The van der Waals surface area contributed by atoms with Crippen LogP contribution in [0.15, 0.2) is 60.7 Å². The molecule has 1 aliphatic heterocycles. The van der Waals surface area contributed by atoms with Crippen molar-refractivity contribution in [3.63, 3.8) is 0 Å². The van der Waals surface area contributed by atoms with Crippen LogP contribution in [0.25, 0.3) is 11.1 Å². The molecule has 0 saturated carbocycles. The molecule has 7 heteroatoms. The third kappa shape index (κ3) is 5.29. The highest BCUT2D eigenvalue weighted by atomic mass is 35.5. The van der Waals surface area contributed by atoms with E-state index in [1.165, 1.54) is 5.56 Å². The Morgan fingerprint density at radius 2 is 1.82 bits per heavy atom. The minimum atomic E-state index is -1.05. The van der Waals surface area contributed by atoms with E-state index in [0.29, 0.717) is 30.3 Å². The van der Waals surface area contributed by atoms with Crippen LogP contribution in [0.2, 0.25) is 5.02 Å². The van der Waals surface area contributed by atoms with E-state index in [1.807, 2.05) is 42.5 Å². The van der Waals surface area contributed by atoms with Crippen molar-refractivity contribution >= 4 is 23.7 Å². The van der Waals surface area contributed by atoms with Crippen LogP contribution in [0.3, 0.4) is 0 Å². The molecule has 0 saturated heterocycles. The average Bonchev–Trinajstić information content (AvgIpc) is 2.83. The number of carboxylic acids is 1. The van der Waals surface area contributed by atoms with Gasteiger partial charge in [-0.3, -0.25) is 0 Å². The highest BCUT2D eigenvalue weighted by molar-refractivity contribution is 6.33. The molecule has 1 amide bonds. The number of nitrogens with zero attached hydrogens (tertiary/aromatic N) is 1. The number of amides is 1. The second kappa shape index (κ2) is 9.96. The first-order valence-electron chi connectivity index (χ1n) is 10.6. The standard InChI is InChI=1S/C26H24ClNO5/c1-17-7-9-21(22-13-19(8-10-24(22)27)32-16-25(29)30)23-14-28(12-11-20(17)23)26(31)33-15-18-5-3-2-4-6-18/h2-10,13H,11-12,14-16H2,1H3,(H,29,30). The van der Waals surface area contributed by atoms with E-state index in [1.54, 1.807) is 23.1 Å². The molecular formula is C26H24ClNO5. The Morgan fingerprint density at radius 3 is 2.58 bits per heavy atom. The van der Waals surface area contributed by atoms with Crippen molar-refractivity contribution in [2.24, 2.45) is 0 Å². The number of benzene rings is 3. The summed E-state index contributed by atoms with van der Waals surface area (Å²) in [5.41, 5.74) is 5.91. The number of hydrogen-bond donors (Lipinski definition) is 1. The van der Waals surface area contributed by atoms with Crippen LogP contribution in [0.4, 0.5) is 4.79 Å². The van der Waals surface area contributed by atoms with Crippen LogP contribution in [-0.2, 0) is 29.1 Å². The van der Waals surface area contributed by atoms with Gasteiger partial charge in [0.15, 0.2) is 6.61 Å². The van der Waals surface area contributed by atoms with Crippen molar-refractivity contribution in [3.05, 3.63) is 87.9 Å². The molecule has 0 radical (unpaired) electrons. The van der Waals surface area contributed by atoms with E-state index in [-0.39, 0.29) is 12.7 Å². The molecule has 33 heavy (non-hydrogen) atoms. The molecule has 6 nitrogen and oxygen atoms in total. The summed E-state index contributed by atoms with van der Waals surface area (Å²) >= 11 is 6.52. The summed E-state index contributed by atoms with van der Waals surface area (Å²) in [5, 5.41) is 9.42. The van der Waals surface area contributed by atoms with Crippen molar-refractivity contribution in [1.82, 2.24) is 4.90 Å². The number of aryl methyl sites for hydroxylation is 1. The number of carbonyl (C=O) groups excluding carboxylic acids is 1. The van der Waals surface area contributed by atoms with E-state index >= 15 is 0 Å². The third-order valence-corrected chi connectivity index (χ3v) is 6.03. The molecule has 0 fully saturated rings. The van der Waals surface area contributed by atoms with Gasteiger partial charge in [-0.25, -0.2) is 9.59 Å². The normalized spacial score (nSPS) is 12.7. The van der Waals surface area contributed by atoms with Crippen LogP contribution < -0.4 is 4.74 Å². The number of carboxylic acid groups (broad SMARTS) is 1. The minimum absolute atomic E-state index is 0.221. The fraction of sp³-hybridized carbons (Fsp3) is 0.231. The predicted octanol–water partition coefficient (Wildman–Crippen LogP) is 5.47. The smallest absolute Gasteiger partial charge is 0.410 e. The first-order chi connectivity index (χ1) is 15.9. The van der Waals surface area contributed by atoms with Crippen molar-refractivity contribution in [3.8, 4) is 16.9 Å². The molecule has 3 aromatic rings. The molecule has 3 aromatic carbocycles. The maximum Gasteiger partial charge on any atom is 0.410 e. The summed E-state index contributed by atoms with van der Waals surface area (Å²) in [7, 11) is 0. The molecule has 0 atom stereocenters. The number of carbonyl (C=O) groups is 2. The summed E-state index contributed by atoms with van der Waals surface area (Å²) in [4.78, 5) is 25.4. The molecule has 4 rings (SSSR count). The Hall–Kier alpha value is -3.51. The fourth-order valence-electron chi connectivity index (χ4n) is 4.02. The lowest BCUT2D eigenvalue weighted by Gasteiger charge is -2.31. The lowest BCUT2D eigenvalue weighted by atomic mass is 9.88. The molecule has 170 valence electrons. The highest BCUT2D eigenvalue weighted by Gasteiger charge is 2.26. The zero-order valence-corrected chi connectivity index (χ0v) is 19.0. The van der Waals surface area contributed by atoms with Crippen molar-refractivity contribution in [1.29, 1.82) is 0 Å². The molecule has 0 spiro atoms. The van der Waals surface area contributed by atoms with Gasteiger partial charge in [-0.1, -0.05) is 54.1 Å². The monoisotopic (exact) mass is 465 g/mol. The van der Waals surface area contributed by atoms with Crippen LogP contribution in [0.1, 0.15) is 22.3 Å². The lowest BCUT2D eigenvalue weighted by molar-refractivity contribution is -0.139. The minimum Gasteiger partial charge on any atom is -0.482 e. The number of ether oxygens (including phenoxy) is 2. The maximum absolute atomic E-state index is 12.8. The van der Waals surface area contributed by atoms with E-state index < -0.39 is 12.6 Å². The van der Waals surface area contributed by atoms with Gasteiger partial charge in [-0.05, 0) is 59.4 Å². The molecule has 0 bridgehead atoms. The Kier molecular flexibility index (Phi) is 6.84. The first kappa shape index (κ1) is 22.7. The number of hydrogen-bond acceptors (Lipinski definition) is 4. The summed E-state index contributed by atoms with van der Waals surface area (Å²) in [5.74, 6) is -0.634. The molecule has 0 unspecified atom stereocenters. The van der Waals surface area contributed by atoms with Crippen molar-refractivity contribution in [2.45, 2.75) is 26.5 Å². The molecule has 0 aromatic heterocycles. The Bertz CT molecular complexity index is 1180. The van der Waals surface area contributed by atoms with Crippen molar-refractivity contribution in [2.75, 3.05) is 13.2 Å². The van der Waals surface area contributed by atoms with Gasteiger partial charge in [0.1, 0.15) is 12.4 Å². The van der Waals surface area contributed by atoms with Crippen LogP contribution in [-0.4, -0.2) is 35.2 Å². The zero-order valence-electron chi connectivity index (χ0n) is 18.2. The van der Waals surface area contributed by atoms with Gasteiger partial charge in [-0.15, -0.1) is 0 Å². The van der Waals surface area contributed by atoms with E-state index in [0.717, 1.165) is 27.8 Å². The number of aliphatic carboxylic acids is 1. The summed E-state index contributed by atoms with van der Waals surface area (Å²) in [6.45, 7) is 2.81. The first-order valence-corrected chi connectivity index (χ1v) is 11.0. The molecular weight excluding hydrogens is 442 g/mol. The van der Waals surface area contributed by atoms with E-state index in [4.69, 9.17) is 26.2 Å². The van der Waals surface area contributed by atoms with Crippen LogP contribution in [0, 0.1) is 6.92 Å². The summed E-state index contributed by atoms with van der Waals surface area (Å²) in [6.07, 6.45) is 0.351. The fourth-order valence-corrected chi connectivity index (χ4v) is 4.24. The highest BCUT2D eigenvalue weighted by Crippen LogP contribution is 2.38. The van der Waals surface area contributed by atoms with Gasteiger partial charge >= 0.3 is 12.1 Å². The number of rotatable bonds is 6. The second-order valence-electron chi connectivity index (χ2n) is 7.92. The van der Waals surface area contributed by atoms with E-state index in [2.05, 4.69) is 6.92 Å². The molecule has 1 N–H and O–H groups in total. The largest absolute Gasteiger partial charge is 0.482 e. The topological polar surface area (TPSA) is 76.1 Å². The summed E-state index contributed by atoms with van der Waals surface area (Å²) < 4.78 is 10.9. The van der Waals surface area contributed by atoms with Gasteiger partial charge in [-0.2, -0.15) is 0 Å². The summed E-state index contributed by atoms with van der Waals surface area (Å²) in [6, 6.07) is 18.7. The van der Waals surface area contributed by atoms with Crippen LogP contribution in [0.5, 0.6) is 5.75 Å². The average molecular weight is 466 g/mol. The maximum atomic E-state index is 12.8. The van der Waals surface area contributed by atoms with E-state index in [9.17, 15) is 9.59 Å². The number of halogens is 1. The Morgan fingerprint density at radius 1 is 1.03 bits per heavy atom. The van der Waals surface area contributed by atoms with Gasteiger partial charge in [0, 0.05) is 23.7 Å². The van der Waals surface area contributed by atoms with Crippen molar-refractivity contribution < 1.29 is 24.2 Å². The zero-order chi connectivity index (χ0) is 23.4. The third-order valence-electron chi connectivity index (χ3n) is 5.70. The molecule has 0 aliphatic carbocycles. The Labute approximate surface area is 197 Å². The van der Waals surface area contributed by atoms with Crippen LogP contribution >= 0.6 is 11.6 Å². The quantitative estimate of drug-likeness (QED) is 0.522. The predicted molar refractivity (Wildman–Crippen MR) is 125 cm³/mol. The molecule has 1 heterocycles. The Balaban J connectivity index is 1.59. The molecule has 1 aliphatic rings. The second-order valence-corrected chi connectivity index (χ2v) is 8.33. The number of fused-ring (bicyclic) bond motifs is 1. The lowest BCUT2D eigenvalue weighted by Crippen LogP contribution is -2.36. The SMILES string of the molecule is Cc1ccc(-c2cc(OCC(=O)O)ccc2Cl)c2c1CCN(C(=O)OCc1ccccc1)C2.